The highest BCUT2D eigenvalue weighted by atomic mass is 32.1. The molecule has 122 valence electrons. The average Bonchev–Trinajstić information content (AvgIpc) is 3.17. The number of nitrogens with zero attached hydrogens (tertiary/aromatic N) is 2. The molecule has 1 aliphatic rings. The monoisotopic (exact) mass is 336 g/mol. The van der Waals surface area contributed by atoms with E-state index in [4.69, 9.17) is 4.74 Å². The van der Waals surface area contributed by atoms with Gasteiger partial charge in [-0.05, 0) is 24.1 Å². The van der Waals surface area contributed by atoms with E-state index in [1.165, 1.54) is 23.5 Å². The Morgan fingerprint density at radius 1 is 1.43 bits per heavy atom. The predicted octanol–water partition coefficient (Wildman–Crippen LogP) is 2.43. The number of carbonyl (C=O) groups is 1. The van der Waals surface area contributed by atoms with Crippen LogP contribution in [0.1, 0.15) is 17.0 Å². The van der Waals surface area contributed by atoms with Gasteiger partial charge in [-0.1, -0.05) is 23.5 Å². The van der Waals surface area contributed by atoms with Crippen LogP contribution in [0.4, 0.5) is 14.3 Å². The maximum atomic E-state index is 13.2. The van der Waals surface area contributed by atoms with Crippen molar-refractivity contribution >= 4 is 22.5 Å². The van der Waals surface area contributed by atoms with E-state index in [0.29, 0.717) is 30.6 Å². The van der Waals surface area contributed by atoms with Crippen LogP contribution in [-0.4, -0.2) is 36.0 Å². The molecule has 0 saturated carbocycles. The normalized spacial score (nSPS) is 17.2. The molecule has 1 aromatic heterocycles. The first-order valence-corrected chi connectivity index (χ1v) is 8.20. The minimum Gasteiger partial charge on any atom is -0.381 e. The fourth-order valence-electron chi connectivity index (χ4n) is 2.32. The maximum Gasteiger partial charge on any atom is 0.321 e. The van der Waals surface area contributed by atoms with Gasteiger partial charge in [-0.25, -0.2) is 9.18 Å². The molecule has 2 N–H and O–H groups in total. The van der Waals surface area contributed by atoms with Crippen LogP contribution >= 0.6 is 11.3 Å². The Morgan fingerprint density at radius 3 is 3.13 bits per heavy atom. The lowest BCUT2D eigenvalue weighted by Crippen LogP contribution is -2.33. The lowest BCUT2D eigenvalue weighted by Gasteiger charge is -2.08. The molecule has 1 atom stereocenters. The third kappa shape index (κ3) is 4.70. The van der Waals surface area contributed by atoms with Crippen LogP contribution in [0.3, 0.4) is 0 Å². The molecular weight excluding hydrogens is 319 g/mol. The van der Waals surface area contributed by atoms with E-state index >= 15 is 0 Å². The zero-order valence-corrected chi connectivity index (χ0v) is 13.2. The second-order valence-electron chi connectivity index (χ2n) is 5.37. The lowest BCUT2D eigenvalue weighted by molar-refractivity contribution is 0.185. The molecule has 2 amide bonds. The first kappa shape index (κ1) is 15.8. The Bertz CT molecular complexity index is 673. The number of hydrogen-bond donors (Lipinski definition) is 2. The van der Waals surface area contributed by atoms with Crippen molar-refractivity contribution in [1.29, 1.82) is 0 Å². The Hall–Kier alpha value is -2.06. The van der Waals surface area contributed by atoms with Gasteiger partial charge in [0.1, 0.15) is 10.8 Å². The zero-order chi connectivity index (χ0) is 16.1. The van der Waals surface area contributed by atoms with Gasteiger partial charge in [0.25, 0.3) is 0 Å². The topological polar surface area (TPSA) is 76.1 Å². The van der Waals surface area contributed by atoms with Crippen molar-refractivity contribution in [2.24, 2.45) is 5.92 Å². The number of halogens is 1. The number of ether oxygens (including phenoxy) is 1. The van der Waals surface area contributed by atoms with Crippen molar-refractivity contribution in [2.45, 2.75) is 12.8 Å². The van der Waals surface area contributed by atoms with E-state index in [1.54, 1.807) is 6.07 Å². The Labute approximate surface area is 137 Å². The molecule has 0 bridgehead atoms. The summed E-state index contributed by atoms with van der Waals surface area (Å²) in [5, 5.41) is 14.6. The molecule has 1 fully saturated rings. The number of aromatic nitrogens is 2. The summed E-state index contributed by atoms with van der Waals surface area (Å²) in [5.41, 5.74) is 0.818. The number of hydrogen-bond acceptors (Lipinski definition) is 5. The fourth-order valence-corrected chi connectivity index (χ4v) is 3.09. The van der Waals surface area contributed by atoms with Crippen molar-refractivity contribution < 1.29 is 13.9 Å². The average molecular weight is 336 g/mol. The quantitative estimate of drug-likeness (QED) is 0.879. The molecule has 0 unspecified atom stereocenters. The number of urea groups is 1. The summed E-state index contributed by atoms with van der Waals surface area (Å²) in [5.74, 6) is 0.0966. The smallest absolute Gasteiger partial charge is 0.321 e. The maximum absolute atomic E-state index is 13.2. The Balaban J connectivity index is 1.49. The summed E-state index contributed by atoms with van der Waals surface area (Å²) in [6.45, 7) is 2.03. The number of nitrogens with one attached hydrogen (secondary N) is 2. The molecule has 2 heterocycles. The number of anilines is 1. The molecule has 1 aliphatic heterocycles. The van der Waals surface area contributed by atoms with E-state index in [1.807, 2.05) is 6.07 Å². The molecule has 0 aliphatic carbocycles. The van der Waals surface area contributed by atoms with E-state index in [9.17, 15) is 9.18 Å². The number of amides is 2. The van der Waals surface area contributed by atoms with Crippen LogP contribution in [0, 0.1) is 11.7 Å². The van der Waals surface area contributed by atoms with Crippen LogP contribution in [-0.2, 0) is 11.2 Å². The van der Waals surface area contributed by atoms with Gasteiger partial charge in [-0.3, -0.25) is 5.32 Å². The summed E-state index contributed by atoms with van der Waals surface area (Å²) in [7, 11) is 0. The Kier molecular flexibility index (Phi) is 5.14. The third-order valence-electron chi connectivity index (χ3n) is 3.51. The van der Waals surface area contributed by atoms with Crippen LogP contribution in [0.5, 0.6) is 0 Å². The summed E-state index contributed by atoms with van der Waals surface area (Å²) >= 11 is 1.28. The van der Waals surface area contributed by atoms with Crippen LogP contribution in [0.25, 0.3) is 0 Å². The van der Waals surface area contributed by atoms with Crippen molar-refractivity contribution in [2.75, 3.05) is 25.1 Å². The first-order chi connectivity index (χ1) is 11.2. The highest BCUT2D eigenvalue weighted by molar-refractivity contribution is 7.15. The second kappa shape index (κ2) is 7.47. The third-order valence-corrected chi connectivity index (χ3v) is 4.35. The highest BCUT2D eigenvalue weighted by Crippen LogP contribution is 2.19. The zero-order valence-electron chi connectivity index (χ0n) is 12.4. The molecule has 8 heteroatoms. The summed E-state index contributed by atoms with van der Waals surface area (Å²) in [4.78, 5) is 11.8. The summed E-state index contributed by atoms with van der Waals surface area (Å²) in [6, 6.07) is 6.05. The van der Waals surface area contributed by atoms with E-state index in [2.05, 4.69) is 20.8 Å². The number of benzene rings is 1. The predicted molar refractivity (Wildman–Crippen MR) is 85.1 cm³/mol. The summed E-state index contributed by atoms with van der Waals surface area (Å²) < 4.78 is 18.4. The molecule has 0 radical (unpaired) electrons. The van der Waals surface area contributed by atoms with E-state index in [-0.39, 0.29) is 11.8 Å². The van der Waals surface area contributed by atoms with Gasteiger partial charge >= 0.3 is 6.03 Å². The molecule has 1 saturated heterocycles. The van der Waals surface area contributed by atoms with Crippen molar-refractivity contribution in [1.82, 2.24) is 15.5 Å². The minimum absolute atomic E-state index is 0.277. The SMILES string of the molecule is O=C(NC[C@@H]1CCOC1)Nc1nnc(Cc2cccc(F)c2)s1. The van der Waals surface area contributed by atoms with Gasteiger partial charge in [-0.2, -0.15) is 0 Å². The first-order valence-electron chi connectivity index (χ1n) is 7.38. The van der Waals surface area contributed by atoms with Crippen LogP contribution in [0.15, 0.2) is 24.3 Å². The molecule has 0 spiro atoms. The van der Waals surface area contributed by atoms with Gasteiger partial charge in [0.15, 0.2) is 0 Å². The van der Waals surface area contributed by atoms with Gasteiger partial charge in [-0.15, -0.1) is 10.2 Å². The number of carbonyl (C=O) groups excluding carboxylic acids is 1. The van der Waals surface area contributed by atoms with Gasteiger partial charge < -0.3 is 10.1 Å². The molecule has 3 rings (SSSR count). The van der Waals surface area contributed by atoms with Crippen molar-refractivity contribution in [3.8, 4) is 0 Å². The van der Waals surface area contributed by atoms with Gasteiger partial charge in [0.05, 0.1) is 6.61 Å². The molecule has 23 heavy (non-hydrogen) atoms. The van der Waals surface area contributed by atoms with Crippen LogP contribution < -0.4 is 10.6 Å². The minimum atomic E-state index is -0.301. The van der Waals surface area contributed by atoms with Gasteiger partial charge in [0, 0.05) is 25.5 Å². The molecular formula is C15H17FN4O2S. The van der Waals surface area contributed by atoms with E-state index < -0.39 is 0 Å². The largest absolute Gasteiger partial charge is 0.381 e. The van der Waals surface area contributed by atoms with Crippen LogP contribution in [0.2, 0.25) is 0 Å². The molecule has 1 aromatic carbocycles. The molecule has 6 nitrogen and oxygen atoms in total. The van der Waals surface area contributed by atoms with Crippen molar-refractivity contribution in [3.05, 3.63) is 40.7 Å². The van der Waals surface area contributed by atoms with E-state index in [0.717, 1.165) is 23.6 Å². The fraction of sp³-hybridized carbons (Fsp3) is 0.400. The van der Waals surface area contributed by atoms with Crippen molar-refractivity contribution in [3.63, 3.8) is 0 Å². The second-order valence-corrected chi connectivity index (χ2v) is 6.43. The summed E-state index contributed by atoms with van der Waals surface area (Å²) in [6.07, 6.45) is 1.45. The Morgan fingerprint density at radius 2 is 2.35 bits per heavy atom. The molecule has 2 aromatic rings. The lowest BCUT2D eigenvalue weighted by atomic mass is 10.1. The highest BCUT2D eigenvalue weighted by Gasteiger charge is 2.16. The van der Waals surface area contributed by atoms with Gasteiger partial charge in [0.2, 0.25) is 5.13 Å². The number of rotatable bonds is 5. The standard InChI is InChI=1S/C15H17FN4O2S/c16-12-3-1-2-10(6-12)7-13-19-20-15(23-13)18-14(21)17-8-11-4-5-22-9-11/h1-3,6,11H,4-5,7-9H2,(H2,17,18,20,21)/t11-/m0/s1.